The molecular weight excluding hydrogens is 328 g/mol. The van der Waals surface area contributed by atoms with Gasteiger partial charge in [0.1, 0.15) is 0 Å². The molecule has 1 aromatic carbocycles. The van der Waals surface area contributed by atoms with Crippen LogP contribution in [0.15, 0.2) is 35.1 Å². The Kier molecular flexibility index (Phi) is 5.96. The molecule has 0 amide bonds. The average molecular weight is 351 g/mol. The molecule has 114 valence electrons. The van der Waals surface area contributed by atoms with Crippen molar-refractivity contribution in [3.05, 3.63) is 51.8 Å². The van der Waals surface area contributed by atoms with E-state index in [0.29, 0.717) is 0 Å². The van der Waals surface area contributed by atoms with Gasteiger partial charge >= 0.3 is 0 Å². The second-order valence-corrected chi connectivity index (χ2v) is 6.25. The molecule has 2 rings (SSSR count). The summed E-state index contributed by atoms with van der Waals surface area (Å²) in [5, 5.41) is 7.55. The third kappa shape index (κ3) is 4.95. The highest BCUT2D eigenvalue weighted by Crippen LogP contribution is 2.20. The van der Waals surface area contributed by atoms with Crippen LogP contribution < -0.4 is 5.32 Å². The van der Waals surface area contributed by atoms with Gasteiger partial charge < -0.3 is 5.32 Å². The van der Waals surface area contributed by atoms with E-state index in [0.717, 1.165) is 26.2 Å². The molecule has 4 nitrogen and oxygen atoms in total. The zero-order valence-corrected chi connectivity index (χ0v) is 14.5. The lowest BCUT2D eigenvalue weighted by Gasteiger charge is -2.17. The number of halogens is 1. The Morgan fingerprint density at radius 1 is 1.29 bits per heavy atom. The fourth-order valence-electron chi connectivity index (χ4n) is 2.31. The number of aryl methyl sites for hydroxylation is 1. The molecule has 0 unspecified atom stereocenters. The van der Waals surface area contributed by atoms with Crippen LogP contribution in [0.5, 0.6) is 0 Å². The van der Waals surface area contributed by atoms with Crippen molar-refractivity contribution in [2.75, 3.05) is 13.6 Å². The van der Waals surface area contributed by atoms with Crippen molar-refractivity contribution in [1.29, 1.82) is 0 Å². The number of rotatable bonds is 7. The maximum atomic E-state index is 4.21. The Labute approximate surface area is 135 Å². The number of nitrogens with one attached hydrogen (secondary N) is 1. The van der Waals surface area contributed by atoms with Crippen LogP contribution in [-0.2, 0) is 26.7 Å². The summed E-state index contributed by atoms with van der Waals surface area (Å²) < 4.78 is 3.02. The molecule has 1 aromatic heterocycles. The van der Waals surface area contributed by atoms with E-state index in [1.54, 1.807) is 0 Å². The van der Waals surface area contributed by atoms with Crippen LogP contribution in [0.3, 0.4) is 0 Å². The van der Waals surface area contributed by atoms with Crippen LogP contribution in [0.25, 0.3) is 0 Å². The van der Waals surface area contributed by atoms with Crippen LogP contribution in [0.4, 0.5) is 0 Å². The Hall–Kier alpha value is -1.17. The summed E-state index contributed by atoms with van der Waals surface area (Å²) in [6.07, 6.45) is 3.98. The fraction of sp³-hybridized carbons (Fsp3) is 0.438. The summed E-state index contributed by atoms with van der Waals surface area (Å²) in [6.45, 7) is 5.85. The van der Waals surface area contributed by atoms with Crippen molar-refractivity contribution in [3.8, 4) is 0 Å². The van der Waals surface area contributed by atoms with Gasteiger partial charge in [-0.1, -0.05) is 35.0 Å². The first-order valence-electron chi connectivity index (χ1n) is 7.22. The molecule has 0 aliphatic rings. The summed E-state index contributed by atoms with van der Waals surface area (Å²) in [4.78, 5) is 2.29. The van der Waals surface area contributed by atoms with Gasteiger partial charge in [-0.15, -0.1) is 0 Å². The number of aromatic nitrogens is 2. The van der Waals surface area contributed by atoms with E-state index in [-0.39, 0.29) is 0 Å². The SMILES string of the molecule is CCNCc1ccc(CN(C)Cc2cnn(C)c2)c(Br)c1. The van der Waals surface area contributed by atoms with Crippen LogP contribution in [0.1, 0.15) is 23.6 Å². The first-order valence-corrected chi connectivity index (χ1v) is 8.02. The van der Waals surface area contributed by atoms with Gasteiger partial charge in [0, 0.05) is 42.9 Å². The molecule has 0 saturated heterocycles. The predicted octanol–water partition coefficient (Wildman–Crippen LogP) is 2.92. The third-order valence-electron chi connectivity index (χ3n) is 3.35. The molecule has 0 saturated carbocycles. The van der Waals surface area contributed by atoms with E-state index < -0.39 is 0 Å². The quantitative estimate of drug-likeness (QED) is 0.833. The van der Waals surface area contributed by atoms with Crippen molar-refractivity contribution < 1.29 is 0 Å². The molecular formula is C16H23BrN4. The predicted molar refractivity (Wildman–Crippen MR) is 89.9 cm³/mol. The molecule has 0 radical (unpaired) electrons. The molecule has 0 aliphatic heterocycles. The lowest BCUT2D eigenvalue weighted by molar-refractivity contribution is 0.318. The largest absolute Gasteiger partial charge is 0.313 e. The Morgan fingerprint density at radius 2 is 2.10 bits per heavy atom. The number of hydrogen-bond acceptors (Lipinski definition) is 3. The van der Waals surface area contributed by atoms with E-state index in [9.17, 15) is 0 Å². The Bertz CT molecular complexity index is 579. The minimum absolute atomic E-state index is 0.902. The summed E-state index contributed by atoms with van der Waals surface area (Å²) in [7, 11) is 4.08. The number of benzene rings is 1. The van der Waals surface area contributed by atoms with E-state index in [2.05, 4.69) is 69.6 Å². The molecule has 1 N–H and O–H groups in total. The highest BCUT2D eigenvalue weighted by molar-refractivity contribution is 9.10. The molecule has 0 spiro atoms. The number of hydrogen-bond donors (Lipinski definition) is 1. The lowest BCUT2D eigenvalue weighted by Crippen LogP contribution is -2.17. The van der Waals surface area contributed by atoms with Gasteiger partial charge in [0.15, 0.2) is 0 Å². The molecule has 5 heteroatoms. The summed E-state index contributed by atoms with van der Waals surface area (Å²) in [5.74, 6) is 0. The monoisotopic (exact) mass is 350 g/mol. The minimum Gasteiger partial charge on any atom is -0.313 e. The summed E-state index contributed by atoms with van der Waals surface area (Å²) in [5.41, 5.74) is 3.85. The first kappa shape index (κ1) is 16.2. The van der Waals surface area contributed by atoms with Crippen molar-refractivity contribution in [2.45, 2.75) is 26.6 Å². The smallest absolute Gasteiger partial charge is 0.0534 e. The maximum absolute atomic E-state index is 4.21. The zero-order chi connectivity index (χ0) is 15.2. The molecule has 2 aromatic rings. The van der Waals surface area contributed by atoms with Gasteiger partial charge in [0.25, 0.3) is 0 Å². The van der Waals surface area contributed by atoms with Crippen molar-refractivity contribution >= 4 is 15.9 Å². The van der Waals surface area contributed by atoms with Crippen LogP contribution in [0, 0.1) is 0 Å². The van der Waals surface area contributed by atoms with Crippen molar-refractivity contribution in [3.63, 3.8) is 0 Å². The Morgan fingerprint density at radius 3 is 2.71 bits per heavy atom. The lowest BCUT2D eigenvalue weighted by atomic mass is 10.1. The van der Waals surface area contributed by atoms with Crippen LogP contribution in [-0.4, -0.2) is 28.3 Å². The normalized spacial score (nSPS) is 11.3. The van der Waals surface area contributed by atoms with Gasteiger partial charge in [0.2, 0.25) is 0 Å². The van der Waals surface area contributed by atoms with Crippen LogP contribution >= 0.6 is 15.9 Å². The topological polar surface area (TPSA) is 33.1 Å². The maximum Gasteiger partial charge on any atom is 0.0534 e. The standard InChI is InChI=1S/C16H23BrN4/c1-4-18-8-13-5-6-15(16(17)7-13)12-20(2)10-14-9-19-21(3)11-14/h5-7,9,11,18H,4,8,10,12H2,1-3H3. The van der Waals surface area contributed by atoms with E-state index in [1.807, 2.05) is 17.9 Å². The summed E-state index contributed by atoms with van der Waals surface area (Å²) >= 11 is 3.69. The highest BCUT2D eigenvalue weighted by atomic mass is 79.9. The van der Waals surface area contributed by atoms with E-state index in [4.69, 9.17) is 0 Å². The fourth-order valence-corrected chi connectivity index (χ4v) is 2.86. The van der Waals surface area contributed by atoms with Gasteiger partial charge in [0.05, 0.1) is 6.20 Å². The van der Waals surface area contributed by atoms with Gasteiger partial charge in [-0.05, 0) is 30.8 Å². The molecule has 0 aliphatic carbocycles. The molecule has 1 heterocycles. The average Bonchev–Trinajstić information content (AvgIpc) is 2.84. The van der Waals surface area contributed by atoms with Gasteiger partial charge in [-0.25, -0.2) is 0 Å². The van der Waals surface area contributed by atoms with Crippen LogP contribution in [0.2, 0.25) is 0 Å². The van der Waals surface area contributed by atoms with Crippen molar-refractivity contribution in [1.82, 2.24) is 20.0 Å². The van der Waals surface area contributed by atoms with E-state index in [1.165, 1.54) is 21.2 Å². The first-order chi connectivity index (χ1) is 10.1. The second kappa shape index (κ2) is 7.73. The number of nitrogens with zero attached hydrogens (tertiary/aromatic N) is 3. The minimum atomic E-state index is 0.902. The second-order valence-electron chi connectivity index (χ2n) is 5.40. The molecule has 0 atom stereocenters. The summed E-state index contributed by atoms with van der Waals surface area (Å²) in [6, 6.07) is 6.60. The third-order valence-corrected chi connectivity index (χ3v) is 4.09. The molecule has 0 fully saturated rings. The van der Waals surface area contributed by atoms with Crippen molar-refractivity contribution in [2.24, 2.45) is 7.05 Å². The van der Waals surface area contributed by atoms with E-state index >= 15 is 0 Å². The molecule has 0 bridgehead atoms. The van der Waals surface area contributed by atoms with Gasteiger partial charge in [-0.2, -0.15) is 5.10 Å². The van der Waals surface area contributed by atoms with Gasteiger partial charge in [-0.3, -0.25) is 9.58 Å². The zero-order valence-electron chi connectivity index (χ0n) is 12.9. The highest BCUT2D eigenvalue weighted by Gasteiger charge is 2.07. The Balaban J connectivity index is 1.95. The molecule has 21 heavy (non-hydrogen) atoms.